The number of ether oxygens (including phenoxy) is 1. The van der Waals surface area contributed by atoms with Crippen LogP contribution in [-0.4, -0.2) is 25.3 Å². The number of hydrogen-bond acceptors (Lipinski definition) is 5. The average molecular weight is 366 g/mol. The van der Waals surface area contributed by atoms with Crippen LogP contribution in [0.1, 0.15) is 21.5 Å². The summed E-state index contributed by atoms with van der Waals surface area (Å²) in [6.45, 7) is 0.480. The van der Waals surface area contributed by atoms with Crippen LogP contribution in [0.5, 0.6) is 0 Å². The third-order valence-corrected chi connectivity index (χ3v) is 4.70. The molecule has 0 unspecified atom stereocenters. The maximum atomic E-state index is 11.4. The van der Waals surface area contributed by atoms with Crippen molar-refractivity contribution in [1.29, 1.82) is 0 Å². The molecule has 0 aliphatic carbocycles. The van der Waals surface area contributed by atoms with Gasteiger partial charge in [0.05, 0.1) is 18.9 Å². The number of hydrogen-bond donors (Lipinski definition) is 2. The SMILES string of the molecule is COC(=O)c1ccc(CNC(N)=NN=Cc2csc3ccccc23)cc1. The molecular formula is C19H18N4O2S. The summed E-state index contributed by atoms with van der Waals surface area (Å²) in [6, 6.07) is 15.2. The Morgan fingerprint density at radius 3 is 2.77 bits per heavy atom. The van der Waals surface area contributed by atoms with E-state index in [1.807, 2.05) is 29.6 Å². The van der Waals surface area contributed by atoms with Gasteiger partial charge in [0.25, 0.3) is 0 Å². The van der Waals surface area contributed by atoms with Crippen LogP contribution in [0.3, 0.4) is 0 Å². The molecule has 6 nitrogen and oxygen atoms in total. The predicted octanol–water partition coefficient (Wildman–Crippen LogP) is 3.13. The summed E-state index contributed by atoms with van der Waals surface area (Å²) in [7, 11) is 1.36. The number of rotatable bonds is 5. The number of carbonyl (C=O) groups is 1. The molecule has 132 valence electrons. The minimum atomic E-state index is -0.360. The number of carbonyl (C=O) groups excluding carboxylic acids is 1. The molecule has 0 fully saturated rings. The van der Waals surface area contributed by atoms with Gasteiger partial charge in [-0.15, -0.1) is 16.4 Å². The van der Waals surface area contributed by atoms with Crippen molar-refractivity contribution in [1.82, 2.24) is 5.32 Å². The van der Waals surface area contributed by atoms with Crippen molar-refractivity contribution >= 4 is 39.6 Å². The van der Waals surface area contributed by atoms with Crippen molar-refractivity contribution in [2.75, 3.05) is 7.11 Å². The zero-order valence-electron chi connectivity index (χ0n) is 14.2. The lowest BCUT2D eigenvalue weighted by Gasteiger charge is -2.05. The highest BCUT2D eigenvalue weighted by molar-refractivity contribution is 7.17. The predicted molar refractivity (Wildman–Crippen MR) is 106 cm³/mol. The summed E-state index contributed by atoms with van der Waals surface area (Å²) in [6.07, 6.45) is 1.69. The van der Waals surface area contributed by atoms with Gasteiger partial charge in [0, 0.05) is 27.6 Å². The number of guanidine groups is 1. The number of thiophene rings is 1. The molecule has 3 N–H and O–H groups in total. The van der Waals surface area contributed by atoms with E-state index in [9.17, 15) is 4.79 Å². The fraction of sp³-hybridized carbons (Fsp3) is 0.105. The molecule has 0 atom stereocenters. The van der Waals surface area contributed by atoms with Crippen molar-refractivity contribution in [3.05, 3.63) is 70.6 Å². The summed E-state index contributed by atoms with van der Waals surface area (Å²) in [5.41, 5.74) is 8.31. The van der Waals surface area contributed by atoms with Crippen LogP contribution in [-0.2, 0) is 11.3 Å². The van der Waals surface area contributed by atoms with E-state index in [0.29, 0.717) is 12.1 Å². The van der Waals surface area contributed by atoms with Gasteiger partial charge in [0.15, 0.2) is 0 Å². The lowest BCUT2D eigenvalue weighted by Crippen LogP contribution is -2.30. The highest BCUT2D eigenvalue weighted by atomic mass is 32.1. The number of methoxy groups -OCH3 is 1. The van der Waals surface area contributed by atoms with Gasteiger partial charge in [-0.05, 0) is 23.8 Å². The van der Waals surface area contributed by atoms with E-state index in [-0.39, 0.29) is 11.9 Å². The molecule has 1 aromatic heterocycles. The molecular weight excluding hydrogens is 348 g/mol. The Balaban J connectivity index is 1.57. The second-order valence-electron chi connectivity index (χ2n) is 5.46. The van der Waals surface area contributed by atoms with Crippen LogP contribution in [0.4, 0.5) is 0 Å². The molecule has 0 amide bonds. The number of fused-ring (bicyclic) bond motifs is 1. The first kappa shape index (κ1) is 17.6. The van der Waals surface area contributed by atoms with E-state index in [2.05, 4.69) is 32.4 Å². The molecule has 2 aromatic carbocycles. The van der Waals surface area contributed by atoms with Crippen molar-refractivity contribution in [2.45, 2.75) is 6.54 Å². The molecule has 26 heavy (non-hydrogen) atoms. The van der Waals surface area contributed by atoms with E-state index >= 15 is 0 Å². The van der Waals surface area contributed by atoms with Gasteiger partial charge in [0.1, 0.15) is 0 Å². The zero-order valence-corrected chi connectivity index (χ0v) is 15.0. The van der Waals surface area contributed by atoms with Crippen LogP contribution in [0.2, 0.25) is 0 Å². The third-order valence-electron chi connectivity index (χ3n) is 3.72. The largest absolute Gasteiger partial charge is 0.465 e. The molecule has 7 heteroatoms. The summed E-state index contributed by atoms with van der Waals surface area (Å²) in [5.74, 6) is -0.140. The fourth-order valence-electron chi connectivity index (χ4n) is 2.36. The second kappa shape index (κ2) is 8.26. The molecule has 0 saturated carbocycles. The summed E-state index contributed by atoms with van der Waals surface area (Å²) in [4.78, 5) is 11.4. The minimum Gasteiger partial charge on any atom is -0.465 e. The first-order chi connectivity index (χ1) is 12.7. The van der Waals surface area contributed by atoms with E-state index in [1.54, 1.807) is 29.7 Å². The molecule has 0 saturated heterocycles. The minimum absolute atomic E-state index is 0.220. The maximum Gasteiger partial charge on any atom is 0.337 e. The lowest BCUT2D eigenvalue weighted by atomic mass is 10.1. The van der Waals surface area contributed by atoms with E-state index in [4.69, 9.17) is 5.73 Å². The monoisotopic (exact) mass is 366 g/mol. The van der Waals surface area contributed by atoms with Gasteiger partial charge in [-0.25, -0.2) is 4.79 Å². The Labute approximate surface area is 155 Å². The number of benzene rings is 2. The Hall–Kier alpha value is -3.19. The van der Waals surface area contributed by atoms with Crippen LogP contribution in [0.15, 0.2) is 64.1 Å². The van der Waals surface area contributed by atoms with E-state index < -0.39 is 0 Å². The van der Waals surface area contributed by atoms with Gasteiger partial charge in [-0.1, -0.05) is 30.3 Å². The Bertz CT molecular complexity index is 961. The molecule has 3 aromatic rings. The summed E-state index contributed by atoms with van der Waals surface area (Å²) in [5, 5.41) is 14.2. The van der Waals surface area contributed by atoms with Gasteiger partial charge in [0.2, 0.25) is 5.96 Å². The number of esters is 1. The highest BCUT2D eigenvalue weighted by Crippen LogP contribution is 2.24. The van der Waals surface area contributed by atoms with E-state index in [1.165, 1.54) is 11.8 Å². The quantitative estimate of drug-likeness (QED) is 0.314. The maximum absolute atomic E-state index is 11.4. The van der Waals surface area contributed by atoms with Crippen molar-refractivity contribution in [3.63, 3.8) is 0 Å². The molecule has 0 aliphatic rings. The van der Waals surface area contributed by atoms with Gasteiger partial charge >= 0.3 is 5.97 Å². The standard InChI is InChI=1S/C19H18N4O2S/c1-25-18(24)14-8-6-13(7-9-14)10-21-19(20)23-22-11-15-12-26-17-5-3-2-4-16(15)17/h2-9,11-12H,10H2,1H3,(H3,20,21,23). The Morgan fingerprint density at radius 2 is 2.00 bits per heavy atom. The highest BCUT2D eigenvalue weighted by Gasteiger charge is 2.04. The van der Waals surface area contributed by atoms with Crippen molar-refractivity contribution < 1.29 is 9.53 Å². The number of nitrogens with two attached hydrogens (primary N) is 1. The van der Waals surface area contributed by atoms with Crippen LogP contribution in [0.25, 0.3) is 10.1 Å². The average Bonchev–Trinajstić information content (AvgIpc) is 3.09. The normalized spacial score (nSPS) is 11.8. The molecule has 0 spiro atoms. The zero-order chi connectivity index (χ0) is 18.4. The van der Waals surface area contributed by atoms with E-state index in [0.717, 1.165) is 16.5 Å². The smallest absolute Gasteiger partial charge is 0.337 e. The van der Waals surface area contributed by atoms with Crippen LogP contribution in [0, 0.1) is 0 Å². The summed E-state index contributed by atoms with van der Waals surface area (Å²) < 4.78 is 5.87. The van der Waals surface area contributed by atoms with Crippen molar-refractivity contribution in [2.24, 2.45) is 15.9 Å². The number of nitrogens with zero attached hydrogens (tertiary/aromatic N) is 2. The first-order valence-electron chi connectivity index (χ1n) is 7.91. The Morgan fingerprint density at radius 1 is 1.23 bits per heavy atom. The molecule has 0 radical (unpaired) electrons. The Kier molecular flexibility index (Phi) is 5.60. The molecule has 0 bridgehead atoms. The van der Waals surface area contributed by atoms with Crippen LogP contribution < -0.4 is 11.1 Å². The van der Waals surface area contributed by atoms with Gasteiger partial charge < -0.3 is 15.8 Å². The van der Waals surface area contributed by atoms with Crippen LogP contribution >= 0.6 is 11.3 Å². The fourth-order valence-corrected chi connectivity index (χ4v) is 3.27. The molecule has 1 heterocycles. The molecule has 3 rings (SSSR count). The third kappa shape index (κ3) is 4.25. The number of nitrogens with one attached hydrogen (secondary N) is 1. The van der Waals surface area contributed by atoms with Gasteiger partial charge in [-0.2, -0.15) is 5.10 Å². The summed E-state index contributed by atoms with van der Waals surface area (Å²) >= 11 is 1.67. The first-order valence-corrected chi connectivity index (χ1v) is 8.79. The second-order valence-corrected chi connectivity index (χ2v) is 6.37. The van der Waals surface area contributed by atoms with Crippen molar-refractivity contribution in [3.8, 4) is 0 Å². The van der Waals surface area contributed by atoms with Gasteiger partial charge in [-0.3, -0.25) is 0 Å². The molecule has 0 aliphatic heterocycles. The lowest BCUT2D eigenvalue weighted by molar-refractivity contribution is 0.0600. The topological polar surface area (TPSA) is 89.1 Å².